The molecule has 208 valence electrons. The quantitative estimate of drug-likeness (QED) is 0.334. The van der Waals surface area contributed by atoms with E-state index in [9.17, 15) is 9.00 Å². The number of halogens is 2. The fourth-order valence-electron chi connectivity index (χ4n) is 3.97. The Labute approximate surface area is 235 Å². The van der Waals surface area contributed by atoms with Crippen molar-refractivity contribution in [3.05, 3.63) is 59.5 Å². The third-order valence-electron chi connectivity index (χ3n) is 5.85. The zero-order valence-corrected chi connectivity index (χ0v) is 23.8. The second-order valence-corrected chi connectivity index (χ2v) is 11.1. The number of aromatic nitrogens is 2. The maximum Gasteiger partial charge on any atom is 0.410 e. The number of hydrogen-bond donors (Lipinski definition) is 3. The lowest BCUT2D eigenvalue weighted by atomic mass is 10.2. The average Bonchev–Trinajstić information content (AvgIpc) is 2.90. The highest BCUT2D eigenvalue weighted by molar-refractivity contribution is 7.67. The van der Waals surface area contributed by atoms with Crippen LogP contribution in [-0.2, 0) is 16.6 Å². The number of amides is 1. The maximum atomic E-state index is 15.1. The Morgan fingerprint density at radius 3 is 2.51 bits per heavy atom. The molecule has 1 aromatic heterocycles. The molecule has 10 nitrogen and oxygen atoms in total. The molecule has 1 amide bonds. The van der Waals surface area contributed by atoms with E-state index in [0.717, 1.165) is 0 Å². The minimum Gasteiger partial charge on any atom is -0.444 e. The Balaban J connectivity index is 1.43. The molecule has 2 heterocycles. The first-order valence-corrected chi connectivity index (χ1v) is 13.4. The van der Waals surface area contributed by atoms with Gasteiger partial charge >= 0.3 is 6.09 Å². The Bertz CT molecular complexity index is 1350. The van der Waals surface area contributed by atoms with Crippen molar-refractivity contribution in [2.75, 3.05) is 53.1 Å². The van der Waals surface area contributed by atoms with E-state index in [4.69, 9.17) is 16.3 Å². The van der Waals surface area contributed by atoms with E-state index in [2.05, 4.69) is 20.6 Å². The van der Waals surface area contributed by atoms with Crippen LogP contribution in [0.15, 0.2) is 48.7 Å². The molecule has 3 aromatic rings. The highest BCUT2D eigenvalue weighted by Gasteiger charge is 2.27. The van der Waals surface area contributed by atoms with E-state index >= 15 is 4.39 Å². The molecule has 39 heavy (non-hydrogen) atoms. The third-order valence-corrected chi connectivity index (χ3v) is 6.59. The van der Waals surface area contributed by atoms with E-state index in [0.29, 0.717) is 54.7 Å². The van der Waals surface area contributed by atoms with Gasteiger partial charge in [-0.2, -0.15) is 4.98 Å². The summed E-state index contributed by atoms with van der Waals surface area (Å²) >= 11 is 6.15. The van der Waals surface area contributed by atoms with Gasteiger partial charge in [0.05, 0.1) is 23.3 Å². The largest absolute Gasteiger partial charge is 0.444 e. The number of rotatable bonds is 7. The van der Waals surface area contributed by atoms with E-state index in [1.165, 1.54) is 16.6 Å². The van der Waals surface area contributed by atoms with Crippen LogP contribution in [0.2, 0.25) is 5.02 Å². The number of thiol groups is 1. The Morgan fingerprint density at radius 1 is 1.13 bits per heavy atom. The molecule has 1 saturated heterocycles. The molecule has 4 rings (SSSR count). The summed E-state index contributed by atoms with van der Waals surface area (Å²) in [6.07, 6.45) is 1.08. The lowest BCUT2D eigenvalue weighted by Gasteiger charge is -2.36. The van der Waals surface area contributed by atoms with Gasteiger partial charge in [-0.25, -0.2) is 18.4 Å². The normalized spacial score (nSPS) is 13.7. The van der Waals surface area contributed by atoms with Gasteiger partial charge in [0.25, 0.3) is 0 Å². The summed E-state index contributed by atoms with van der Waals surface area (Å²) in [4.78, 5) is 24.5. The van der Waals surface area contributed by atoms with Crippen LogP contribution in [0.3, 0.4) is 0 Å². The van der Waals surface area contributed by atoms with E-state index in [1.54, 1.807) is 24.1 Å². The monoisotopic (exact) mass is 575 g/mol. The van der Waals surface area contributed by atoms with Gasteiger partial charge in [-0.3, -0.25) is 4.31 Å². The van der Waals surface area contributed by atoms with Crippen LogP contribution >= 0.6 is 11.6 Å². The fourth-order valence-corrected chi connectivity index (χ4v) is 4.38. The van der Waals surface area contributed by atoms with Gasteiger partial charge in [-0.1, -0.05) is 23.7 Å². The SMILES string of the molecule is CN([SH]=O)c1ccccc1Nc1nc(Nc2ccc(N3CCN(C(=O)OC(C)(C)C)CC3)c(F)c2)ncc1Cl. The number of piperazine rings is 1. The van der Waals surface area contributed by atoms with Crippen LogP contribution in [0.1, 0.15) is 20.8 Å². The van der Waals surface area contributed by atoms with Gasteiger partial charge in [-0.15, -0.1) is 0 Å². The number of anilines is 6. The average molecular weight is 576 g/mol. The lowest BCUT2D eigenvalue weighted by molar-refractivity contribution is 0.0240. The van der Waals surface area contributed by atoms with Crippen LogP contribution < -0.4 is 19.8 Å². The molecule has 13 heteroatoms. The number of carbonyl (C=O) groups excluding carboxylic acids is 1. The summed E-state index contributed by atoms with van der Waals surface area (Å²) in [5.74, 6) is 0.136. The smallest absolute Gasteiger partial charge is 0.410 e. The van der Waals surface area contributed by atoms with Crippen molar-refractivity contribution < 1.29 is 18.1 Å². The van der Waals surface area contributed by atoms with Crippen molar-refractivity contribution in [1.29, 1.82) is 0 Å². The first-order valence-electron chi connectivity index (χ1n) is 12.3. The number of hydrogen-bond acceptors (Lipinski definition) is 8. The minimum atomic E-state index is -0.563. The third kappa shape index (κ3) is 7.27. The van der Waals surface area contributed by atoms with E-state index < -0.39 is 11.4 Å². The molecule has 1 aliphatic heterocycles. The highest BCUT2D eigenvalue weighted by atomic mass is 35.5. The van der Waals surface area contributed by atoms with Crippen molar-refractivity contribution in [1.82, 2.24) is 14.9 Å². The summed E-state index contributed by atoms with van der Waals surface area (Å²) in [6, 6.07) is 12.1. The summed E-state index contributed by atoms with van der Waals surface area (Å²) in [5.41, 5.74) is 1.68. The van der Waals surface area contributed by atoms with Gasteiger partial charge in [0, 0.05) is 38.9 Å². The summed E-state index contributed by atoms with van der Waals surface area (Å²) in [6.45, 7) is 7.33. The molecule has 2 aromatic carbocycles. The second-order valence-electron chi connectivity index (χ2n) is 9.88. The molecular formula is C26H31ClFN7O3S. The zero-order chi connectivity index (χ0) is 28.2. The van der Waals surface area contributed by atoms with Crippen LogP contribution in [0.25, 0.3) is 0 Å². The molecule has 0 bridgehead atoms. The van der Waals surface area contributed by atoms with Crippen LogP contribution in [0.4, 0.5) is 43.7 Å². The van der Waals surface area contributed by atoms with E-state index in [-0.39, 0.29) is 28.9 Å². The van der Waals surface area contributed by atoms with Crippen molar-refractivity contribution in [2.24, 2.45) is 0 Å². The first-order chi connectivity index (χ1) is 18.5. The van der Waals surface area contributed by atoms with Gasteiger partial charge in [0.15, 0.2) is 5.82 Å². The Hall–Kier alpha value is -3.64. The molecule has 0 atom stereocenters. The minimum absolute atomic E-state index is 0.165. The van der Waals surface area contributed by atoms with Gasteiger partial charge in [-0.05, 0) is 51.1 Å². The number of para-hydroxylation sites is 2. The molecular weight excluding hydrogens is 545 g/mol. The molecule has 2 N–H and O–H groups in total. The zero-order valence-electron chi connectivity index (χ0n) is 22.1. The van der Waals surface area contributed by atoms with Crippen molar-refractivity contribution in [3.63, 3.8) is 0 Å². The van der Waals surface area contributed by atoms with Gasteiger partial charge in [0.2, 0.25) is 5.95 Å². The van der Waals surface area contributed by atoms with Crippen LogP contribution in [0.5, 0.6) is 0 Å². The van der Waals surface area contributed by atoms with Gasteiger partial charge in [0.1, 0.15) is 28.3 Å². The topological polar surface area (TPSA) is 103 Å². The predicted molar refractivity (Wildman–Crippen MR) is 154 cm³/mol. The highest BCUT2D eigenvalue weighted by Crippen LogP contribution is 2.31. The first kappa shape index (κ1) is 28.4. The molecule has 0 radical (unpaired) electrons. The standard InChI is InChI=1S/C26H31ClFN7O3S/c1-26(2,3)38-25(36)35-13-11-34(12-14-35)21-10-9-17(15-19(21)28)30-24-29-16-18(27)23(32-24)31-20-7-5-6-8-22(20)33(4)39-37/h5-10,15-16,39H,11-14H2,1-4H3,(H2,29,30,31,32). The van der Waals surface area contributed by atoms with Crippen LogP contribution in [0, 0.1) is 5.82 Å². The fraction of sp³-hybridized carbons (Fsp3) is 0.346. The number of ether oxygens (including phenoxy) is 1. The van der Waals surface area contributed by atoms with Crippen LogP contribution in [-0.4, -0.2) is 64.0 Å². The number of nitrogens with zero attached hydrogens (tertiary/aromatic N) is 5. The molecule has 0 saturated carbocycles. The van der Waals surface area contributed by atoms with Crippen molar-refractivity contribution in [2.45, 2.75) is 26.4 Å². The van der Waals surface area contributed by atoms with Crippen molar-refractivity contribution in [3.8, 4) is 0 Å². The molecule has 0 spiro atoms. The lowest BCUT2D eigenvalue weighted by Crippen LogP contribution is -2.50. The molecule has 0 aliphatic carbocycles. The summed E-state index contributed by atoms with van der Waals surface area (Å²) in [7, 11) is 1.68. The Morgan fingerprint density at radius 2 is 1.85 bits per heavy atom. The molecule has 1 fully saturated rings. The second kappa shape index (κ2) is 12.0. The van der Waals surface area contributed by atoms with Crippen molar-refractivity contribution >= 4 is 64.1 Å². The summed E-state index contributed by atoms with van der Waals surface area (Å²) < 4.78 is 33.4. The predicted octanol–water partition coefficient (Wildman–Crippen LogP) is 5.11. The van der Waals surface area contributed by atoms with E-state index in [1.807, 2.05) is 49.9 Å². The van der Waals surface area contributed by atoms with Gasteiger partial charge < -0.3 is 25.2 Å². The number of nitrogens with one attached hydrogen (secondary N) is 2. The maximum absolute atomic E-state index is 15.1. The number of carbonyl (C=O) groups is 1. The molecule has 0 unspecified atom stereocenters. The summed E-state index contributed by atoms with van der Waals surface area (Å²) in [5, 5.41) is 6.44. The number of benzene rings is 2. The Kier molecular flexibility index (Phi) is 8.76. The molecule has 1 aliphatic rings.